The lowest BCUT2D eigenvalue weighted by Gasteiger charge is -2.09. The van der Waals surface area contributed by atoms with Crippen molar-refractivity contribution in [1.29, 1.82) is 0 Å². The second kappa shape index (κ2) is 9.58. The number of H-pyrrole nitrogens is 1. The second-order valence-corrected chi connectivity index (χ2v) is 6.87. The van der Waals surface area contributed by atoms with E-state index in [1.807, 2.05) is 84.9 Å². The average molecular weight is 415 g/mol. The third-order valence-corrected chi connectivity index (χ3v) is 4.59. The minimum absolute atomic E-state index is 0.130. The SMILES string of the molecule is O=c1[nH]c(=O)n(CCc2ccc(Oc3ccccc3)cc2)nc1OCc1ccccc1. The summed E-state index contributed by atoms with van der Waals surface area (Å²) in [5.74, 6) is 1.36. The van der Waals surface area contributed by atoms with Crippen molar-refractivity contribution in [3.8, 4) is 17.4 Å². The first kappa shape index (κ1) is 20.2. The first-order valence-electron chi connectivity index (χ1n) is 9.87. The van der Waals surface area contributed by atoms with Crippen molar-refractivity contribution < 1.29 is 9.47 Å². The number of nitrogens with one attached hydrogen (secondary N) is 1. The van der Waals surface area contributed by atoms with Crippen LogP contribution in [-0.2, 0) is 19.6 Å². The van der Waals surface area contributed by atoms with Crippen molar-refractivity contribution in [2.45, 2.75) is 19.6 Å². The van der Waals surface area contributed by atoms with Gasteiger partial charge in [-0.2, -0.15) is 0 Å². The Balaban J connectivity index is 1.39. The van der Waals surface area contributed by atoms with E-state index in [-0.39, 0.29) is 12.5 Å². The first-order valence-corrected chi connectivity index (χ1v) is 9.87. The summed E-state index contributed by atoms with van der Waals surface area (Å²) in [7, 11) is 0. The van der Waals surface area contributed by atoms with E-state index in [1.54, 1.807) is 0 Å². The number of aromatic nitrogens is 3. The fourth-order valence-corrected chi connectivity index (χ4v) is 2.97. The van der Waals surface area contributed by atoms with E-state index >= 15 is 0 Å². The van der Waals surface area contributed by atoms with E-state index in [4.69, 9.17) is 9.47 Å². The number of nitrogens with zero attached hydrogens (tertiary/aromatic N) is 2. The van der Waals surface area contributed by atoms with Crippen molar-refractivity contribution in [3.05, 3.63) is 117 Å². The van der Waals surface area contributed by atoms with Gasteiger partial charge in [-0.15, -0.1) is 5.10 Å². The fraction of sp³-hybridized carbons (Fsp3) is 0.125. The van der Waals surface area contributed by atoms with Crippen molar-refractivity contribution in [2.24, 2.45) is 0 Å². The Morgan fingerprint density at radius 2 is 1.42 bits per heavy atom. The second-order valence-electron chi connectivity index (χ2n) is 6.87. The van der Waals surface area contributed by atoms with E-state index in [2.05, 4.69) is 10.1 Å². The van der Waals surface area contributed by atoms with Crippen LogP contribution in [0.4, 0.5) is 0 Å². The summed E-state index contributed by atoms with van der Waals surface area (Å²) in [6.07, 6.45) is 0.558. The molecule has 0 aliphatic heterocycles. The maximum absolute atomic E-state index is 12.1. The largest absolute Gasteiger partial charge is 0.468 e. The number of hydrogen-bond acceptors (Lipinski definition) is 5. The van der Waals surface area contributed by atoms with Gasteiger partial charge < -0.3 is 9.47 Å². The van der Waals surface area contributed by atoms with Gasteiger partial charge in [-0.3, -0.25) is 9.78 Å². The van der Waals surface area contributed by atoms with Gasteiger partial charge in [-0.05, 0) is 41.8 Å². The Hall–Kier alpha value is -4.13. The van der Waals surface area contributed by atoms with Crippen molar-refractivity contribution in [2.75, 3.05) is 0 Å². The summed E-state index contributed by atoms with van der Waals surface area (Å²) < 4.78 is 12.5. The van der Waals surface area contributed by atoms with E-state index in [0.29, 0.717) is 13.0 Å². The monoisotopic (exact) mass is 415 g/mol. The van der Waals surface area contributed by atoms with Gasteiger partial charge in [0.05, 0.1) is 6.54 Å². The minimum Gasteiger partial charge on any atom is -0.468 e. The number of ether oxygens (including phenoxy) is 2. The van der Waals surface area contributed by atoms with Gasteiger partial charge >= 0.3 is 11.2 Å². The van der Waals surface area contributed by atoms with Crippen LogP contribution in [0.3, 0.4) is 0 Å². The molecular formula is C24H21N3O4. The van der Waals surface area contributed by atoms with Gasteiger partial charge in [-0.1, -0.05) is 60.7 Å². The number of aryl methyl sites for hydroxylation is 2. The van der Waals surface area contributed by atoms with E-state index in [1.165, 1.54) is 4.68 Å². The third kappa shape index (κ3) is 5.48. The molecule has 4 aromatic rings. The normalized spacial score (nSPS) is 10.6. The van der Waals surface area contributed by atoms with Gasteiger partial charge in [0, 0.05) is 0 Å². The molecule has 0 bridgehead atoms. The van der Waals surface area contributed by atoms with Crippen LogP contribution in [0.5, 0.6) is 17.4 Å². The number of hydrogen-bond donors (Lipinski definition) is 1. The highest BCUT2D eigenvalue weighted by atomic mass is 16.5. The molecule has 7 nitrogen and oxygen atoms in total. The van der Waals surface area contributed by atoms with Gasteiger partial charge in [-0.25, -0.2) is 9.48 Å². The number of aromatic amines is 1. The van der Waals surface area contributed by atoms with E-state index in [0.717, 1.165) is 22.6 Å². The molecule has 1 aromatic heterocycles. The molecule has 31 heavy (non-hydrogen) atoms. The fourth-order valence-electron chi connectivity index (χ4n) is 2.97. The molecule has 156 valence electrons. The molecular weight excluding hydrogens is 394 g/mol. The maximum atomic E-state index is 12.1. The molecule has 4 rings (SSSR count). The van der Waals surface area contributed by atoms with Crippen LogP contribution in [0, 0.1) is 0 Å². The van der Waals surface area contributed by atoms with Crippen molar-refractivity contribution in [3.63, 3.8) is 0 Å². The molecule has 0 aliphatic carbocycles. The van der Waals surface area contributed by atoms with Gasteiger partial charge in [0.25, 0.3) is 5.88 Å². The van der Waals surface area contributed by atoms with Gasteiger partial charge in [0.1, 0.15) is 18.1 Å². The molecule has 0 saturated heterocycles. The van der Waals surface area contributed by atoms with E-state index < -0.39 is 11.2 Å². The zero-order valence-corrected chi connectivity index (χ0v) is 16.7. The summed E-state index contributed by atoms with van der Waals surface area (Å²) in [6, 6.07) is 26.6. The highest BCUT2D eigenvalue weighted by Gasteiger charge is 2.09. The Morgan fingerprint density at radius 3 is 2.13 bits per heavy atom. The van der Waals surface area contributed by atoms with Crippen LogP contribution in [0.1, 0.15) is 11.1 Å². The molecule has 1 N–H and O–H groups in total. The Labute approximate surface area is 178 Å². The molecule has 0 fully saturated rings. The molecule has 0 radical (unpaired) electrons. The number of para-hydroxylation sites is 1. The first-order chi connectivity index (χ1) is 15.2. The standard InChI is InChI=1S/C24H21N3O4/c28-22-23(30-17-19-7-3-1-4-8-19)26-27(24(29)25-22)16-15-18-11-13-21(14-12-18)31-20-9-5-2-6-10-20/h1-14H,15-17H2,(H,25,28,29). The van der Waals surface area contributed by atoms with Crippen LogP contribution in [0.15, 0.2) is 94.5 Å². The zero-order valence-electron chi connectivity index (χ0n) is 16.7. The summed E-state index contributed by atoms with van der Waals surface area (Å²) in [5, 5.41) is 4.09. The number of rotatable bonds is 8. The topological polar surface area (TPSA) is 86.2 Å². The maximum Gasteiger partial charge on any atom is 0.344 e. The molecule has 0 atom stereocenters. The average Bonchev–Trinajstić information content (AvgIpc) is 2.80. The molecule has 0 unspecified atom stereocenters. The predicted octanol–water partition coefficient (Wildman–Crippen LogP) is 3.55. The summed E-state index contributed by atoms with van der Waals surface area (Å²) >= 11 is 0. The Morgan fingerprint density at radius 1 is 0.774 bits per heavy atom. The lowest BCUT2D eigenvalue weighted by atomic mass is 10.1. The summed E-state index contributed by atoms with van der Waals surface area (Å²) in [4.78, 5) is 26.4. The van der Waals surface area contributed by atoms with Gasteiger partial charge in [0.2, 0.25) is 0 Å². The smallest absolute Gasteiger partial charge is 0.344 e. The lowest BCUT2D eigenvalue weighted by molar-refractivity contribution is 0.275. The van der Waals surface area contributed by atoms with Crippen molar-refractivity contribution in [1.82, 2.24) is 14.8 Å². The summed E-state index contributed by atoms with van der Waals surface area (Å²) in [6.45, 7) is 0.494. The van der Waals surface area contributed by atoms with Crippen molar-refractivity contribution >= 4 is 0 Å². The molecule has 7 heteroatoms. The lowest BCUT2D eigenvalue weighted by Crippen LogP contribution is -2.33. The highest BCUT2D eigenvalue weighted by Crippen LogP contribution is 2.21. The molecule has 0 saturated carbocycles. The molecule has 1 heterocycles. The number of benzene rings is 3. The van der Waals surface area contributed by atoms with Crippen LogP contribution in [-0.4, -0.2) is 14.8 Å². The Bertz CT molecular complexity index is 1230. The van der Waals surface area contributed by atoms with Crippen LogP contribution >= 0.6 is 0 Å². The highest BCUT2D eigenvalue weighted by molar-refractivity contribution is 5.33. The molecule has 0 aliphatic rings. The minimum atomic E-state index is -0.639. The quantitative estimate of drug-likeness (QED) is 0.476. The van der Waals surface area contributed by atoms with Gasteiger partial charge in [0.15, 0.2) is 0 Å². The predicted molar refractivity (Wildman–Crippen MR) is 117 cm³/mol. The zero-order chi connectivity index (χ0) is 21.5. The van der Waals surface area contributed by atoms with E-state index in [9.17, 15) is 9.59 Å². The molecule has 3 aromatic carbocycles. The van der Waals surface area contributed by atoms with Crippen LogP contribution < -0.4 is 20.7 Å². The van der Waals surface area contributed by atoms with Crippen LogP contribution in [0.2, 0.25) is 0 Å². The third-order valence-electron chi connectivity index (χ3n) is 4.59. The molecule has 0 amide bonds. The molecule has 0 spiro atoms. The van der Waals surface area contributed by atoms with Crippen LogP contribution in [0.25, 0.3) is 0 Å². The summed E-state index contributed by atoms with van der Waals surface area (Å²) in [5.41, 5.74) is 0.701. The Kier molecular flexibility index (Phi) is 6.23.